The van der Waals surface area contributed by atoms with Crippen LogP contribution in [0.1, 0.15) is 24.2 Å². The molecule has 0 fully saturated rings. The van der Waals surface area contributed by atoms with E-state index >= 15 is 0 Å². The maximum absolute atomic E-state index is 12.5. The number of ether oxygens (including phenoxy) is 4. The average Bonchev–Trinajstić information content (AvgIpc) is 2.75. The molecule has 7 nitrogen and oxygen atoms in total. The van der Waals surface area contributed by atoms with Crippen molar-refractivity contribution in [1.82, 2.24) is 5.32 Å². The lowest BCUT2D eigenvalue weighted by molar-refractivity contribution is 0.0976. The number of benzene rings is 2. The Morgan fingerprint density at radius 1 is 0.900 bits per heavy atom. The Labute approximate surface area is 182 Å². The second-order valence-electron chi connectivity index (χ2n) is 6.02. The van der Waals surface area contributed by atoms with E-state index in [0.717, 1.165) is 0 Å². The van der Waals surface area contributed by atoms with E-state index in [1.54, 1.807) is 24.3 Å². The van der Waals surface area contributed by atoms with Gasteiger partial charge in [0.1, 0.15) is 24.7 Å². The van der Waals surface area contributed by atoms with Gasteiger partial charge in [-0.15, -0.1) is 0 Å². The van der Waals surface area contributed by atoms with E-state index in [9.17, 15) is 4.79 Å². The molecule has 2 N–H and O–H groups in total. The first kappa shape index (κ1) is 23.6. The van der Waals surface area contributed by atoms with Gasteiger partial charge in [-0.05, 0) is 56.4 Å². The third kappa shape index (κ3) is 8.36. The monoisotopic (exact) mass is 432 g/mol. The maximum Gasteiger partial charge on any atom is 0.257 e. The summed E-state index contributed by atoms with van der Waals surface area (Å²) in [7, 11) is 0. The zero-order valence-corrected chi connectivity index (χ0v) is 18.1. The quantitative estimate of drug-likeness (QED) is 0.392. The largest absolute Gasteiger partial charge is 0.491 e. The van der Waals surface area contributed by atoms with Gasteiger partial charge in [0.05, 0.1) is 18.9 Å². The first-order chi connectivity index (χ1) is 14.6. The van der Waals surface area contributed by atoms with Crippen LogP contribution in [0, 0.1) is 0 Å². The van der Waals surface area contributed by atoms with Gasteiger partial charge < -0.3 is 24.3 Å². The predicted molar refractivity (Wildman–Crippen MR) is 121 cm³/mol. The highest BCUT2D eigenvalue weighted by Gasteiger charge is 2.11. The van der Waals surface area contributed by atoms with Crippen molar-refractivity contribution in [3.8, 4) is 11.5 Å². The maximum atomic E-state index is 12.5. The molecule has 2 aromatic rings. The number of nitrogens with one attached hydrogen (secondary N) is 2. The zero-order valence-electron chi connectivity index (χ0n) is 17.3. The third-order valence-corrected chi connectivity index (χ3v) is 4.05. The standard InChI is InChI=1S/C22H28N2O5S/c1-3-26-12-14-28-18-9-7-8-17(16-18)21(25)24-22(30)23-19-10-5-6-11-20(19)29-15-13-27-4-2/h5-11,16H,3-4,12-15H2,1-2H3,(H2,23,24,25,30). The Bertz CT molecular complexity index is 816. The molecule has 0 spiro atoms. The van der Waals surface area contributed by atoms with Crippen molar-refractivity contribution in [3.05, 3.63) is 54.1 Å². The summed E-state index contributed by atoms with van der Waals surface area (Å²) in [4.78, 5) is 12.5. The average molecular weight is 433 g/mol. The molecule has 2 rings (SSSR count). The fraction of sp³-hybridized carbons (Fsp3) is 0.364. The summed E-state index contributed by atoms with van der Waals surface area (Å²) >= 11 is 5.29. The number of anilines is 1. The molecule has 0 radical (unpaired) electrons. The van der Waals surface area contributed by atoms with Crippen molar-refractivity contribution < 1.29 is 23.7 Å². The molecule has 0 heterocycles. The van der Waals surface area contributed by atoms with E-state index in [1.807, 2.05) is 38.1 Å². The van der Waals surface area contributed by atoms with Crippen LogP contribution in [0.5, 0.6) is 11.5 Å². The Hall–Kier alpha value is -2.68. The summed E-state index contributed by atoms with van der Waals surface area (Å²) in [6.07, 6.45) is 0. The molecule has 0 saturated heterocycles. The Morgan fingerprint density at radius 2 is 1.60 bits per heavy atom. The minimum absolute atomic E-state index is 0.170. The van der Waals surface area contributed by atoms with E-state index in [4.69, 9.17) is 31.2 Å². The molecule has 162 valence electrons. The highest BCUT2D eigenvalue weighted by Crippen LogP contribution is 2.23. The van der Waals surface area contributed by atoms with Crippen LogP contribution < -0.4 is 20.1 Å². The highest BCUT2D eigenvalue weighted by atomic mass is 32.1. The normalized spacial score (nSPS) is 10.3. The van der Waals surface area contributed by atoms with Crippen LogP contribution >= 0.6 is 12.2 Å². The zero-order chi connectivity index (χ0) is 21.6. The molecule has 2 aromatic carbocycles. The van der Waals surface area contributed by atoms with Gasteiger partial charge in [0, 0.05) is 18.8 Å². The molecule has 0 aliphatic carbocycles. The molecular formula is C22H28N2O5S. The van der Waals surface area contributed by atoms with Crippen molar-refractivity contribution in [2.45, 2.75) is 13.8 Å². The van der Waals surface area contributed by atoms with Crippen molar-refractivity contribution in [1.29, 1.82) is 0 Å². The summed E-state index contributed by atoms with van der Waals surface area (Å²) in [5.74, 6) is 0.880. The predicted octanol–water partition coefficient (Wildman–Crippen LogP) is 3.64. The fourth-order valence-electron chi connectivity index (χ4n) is 2.47. The lowest BCUT2D eigenvalue weighted by atomic mass is 10.2. The number of amides is 1. The number of hydrogen-bond donors (Lipinski definition) is 2. The lowest BCUT2D eigenvalue weighted by Gasteiger charge is -2.14. The second-order valence-corrected chi connectivity index (χ2v) is 6.43. The summed E-state index contributed by atoms with van der Waals surface area (Å²) in [6, 6.07) is 14.2. The lowest BCUT2D eigenvalue weighted by Crippen LogP contribution is -2.34. The van der Waals surface area contributed by atoms with Crippen molar-refractivity contribution in [2.75, 3.05) is 45.0 Å². The number of hydrogen-bond acceptors (Lipinski definition) is 6. The highest BCUT2D eigenvalue weighted by molar-refractivity contribution is 7.80. The van der Waals surface area contributed by atoms with Gasteiger partial charge in [0.15, 0.2) is 5.11 Å². The van der Waals surface area contributed by atoms with Gasteiger partial charge >= 0.3 is 0 Å². The van der Waals surface area contributed by atoms with Crippen molar-refractivity contribution in [3.63, 3.8) is 0 Å². The molecule has 30 heavy (non-hydrogen) atoms. The Kier molecular flexibility index (Phi) is 10.6. The molecule has 0 saturated carbocycles. The van der Waals surface area contributed by atoms with Crippen LogP contribution in [0.25, 0.3) is 0 Å². The smallest absolute Gasteiger partial charge is 0.257 e. The fourth-order valence-corrected chi connectivity index (χ4v) is 2.67. The van der Waals surface area contributed by atoms with Gasteiger partial charge in [-0.2, -0.15) is 0 Å². The van der Waals surface area contributed by atoms with Gasteiger partial charge in [0.25, 0.3) is 5.91 Å². The molecular weight excluding hydrogens is 404 g/mol. The Balaban J connectivity index is 1.90. The number of carbonyl (C=O) groups excluding carboxylic acids is 1. The van der Waals surface area contributed by atoms with Gasteiger partial charge in [-0.3, -0.25) is 10.1 Å². The van der Waals surface area contributed by atoms with Gasteiger partial charge in [0.2, 0.25) is 0 Å². The first-order valence-electron chi connectivity index (χ1n) is 9.86. The van der Waals surface area contributed by atoms with Crippen LogP contribution in [0.3, 0.4) is 0 Å². The van der Waals surface area contributed by atoms with Crippen molar-refractivity contribution in [2.24, 2.45) is 0 Å². The number of rotatable bonds is 12. The van der Waals surface area contributed by atoms with E-state index in [0.29, 0.717) is 62.4 Å². The van der Waals surface area contributed by atoms with Crippen LogP contribution in [-0.2, 0) is 9.47 Å². The summed E-state index contributed by atoms with van der Waals surface area (Å²) in [5.41, 5.74) is 1.10. The summed E-state index contributed by atoms with van der Waals surface area (Å²) < 4.78 is 21.8. The summed E-state index contributed by atoms with van der Waals surface area (Å²) in [6.45, 7) is 6.95. The van der Waals surface area contributed by atoms with Crippen LogP contribution in [0.2, 0.25) is 0 Å². The van der Waals surface area contributed by atoms with Crippen molar-refractivity contribution >= 4 is 28.9 Å². The molecule has 0 atom stereocenters. The van der Waals surface area contributed by atoms with E-state index < -0.39 is 0 Å². The summed E-state index contributed by atoms with van der Waals surface area (Å²) in [5, 5.41) is 5.84. The number of carbonyl (C=O) groups is 1. The molecule has 0 aliphatic heterocycles. The first-order valence-corrected chi connectivity index (χ1v) is 10.3. The molecule has 0 unspecified atom stereocenters. The van der Waals surface area contributed by atoms with E-state index in [1.165, 1.54) is 0 Å². The second kappa shape index (κ2) is 13.5. The SMILES string of the molecule is CCOCCOc1cccc(C(=O)NC(=S)Nc2ccccc2OCCOCC)c1. The van der Waals surface area contributed by atoms with Crippen LogP contribution in [0.15, 0.2) is 48.5 Å². The van der Waals surface area contributed by atoms with Gasteiger partial charge in [-0.1, -0.05) is 18.2 Å². The minimum Gasteiger partial charge on any atom is -0.491 e. The molecule has 0 aromatic heterocycles. The van der Waals surface area contributed by atoms with Crippen LogP contribution in [0.4, 0.5) is 5.69 Å². The topological polar surface area (TPSA) is 78.1 Å². The van der Waals surface area contributed by atoms with E-state index in [2.05, 4.69) is 10.6 Å². The number of para-hydroxylation sites is 2. The third-order valence-electron chi connectivity index (χ3n) is 3.85. The Morgan fingerprint density at radius 3 is 2.33 bits per heavy atom. The number of thiocarbonyl (C=S) groups is 1. The molecule has 0 aliphatic rings. The van der Waals surface area contributed by atoms with Crippen LogP contribution in [-0.4, -0.2) is 50.7 Å². The molecule has 0 bridgehead atoms. The minimum atomic E-state index is -0.336. The molecule has 1 amide bonds. The van der Waals surface area contributed by atoms with Gasteiger partial charge in [-0.25, -0.2) is 0 Å². The molecule has 8 heteroatoms. The van der Waals surface area contributed by atoms with E-state index in [-0.39, 0.29) is 11.0 Å².